The fourth-order valence-electron chi connectivity index (χ4n) is 2.63. The van der Waals surface area contributed by atoms with Gasteiger partial charge in [-0.2, -0.15) is 0 Å². The summed E-state index contributed by atoms with van der Waals surface area (Å²) in [6.07, 6.45) is 0.462. The van der Waals surface area contributed by atoms with Gasteiger partial charge in [0.05, 0.1) is 4.92 Å². The normalized spacial score (nSPS) is 11.6. The van der Waals surface area contributed by atoms with Crippen LogP contribution in [0.3, 0.4) is 0 Å². The summed E-state index contributed by atoms with van der Waals surface area (Å²) in [4.78, 5) is 36.3. The standard InChI is InChI=1S/C19H20N2O5/c1-3-15-9-10-16(11-17(15)21(25)26)18(22)20(13(2)19(23)24)12-14-7-5-4-6-8-14/h4-11,13H,3,12H2,1-2H3,(H,23,24). The minimum absolute atomic E-state index is 0.0937. The van der Waals surface area contributed by atoms with Crippen molar-refractivity contribution in [3.63, 3.8) is 0 Å². The van der Waals surface area contributed by atoms with Crippen molar-refractivity contribution < 1.29 is 19.6 Å². The SMILES string of the molecule is CCc1ccc(C(=O)N(Cc2ccccc2)C(C)C(=O)O)cc1[N+](=O)[O-]. The highest BCUT2D eigenvalue weighted by Gasteiger charge is 2.28. The summed E-state index contributed by atoms with van der Waals surface area (Å²) in [5.41, 5.74) is 1.25. The summed E-state index contributed by atoms with van der Waals surface area (Å²) in [7, 11) is 0. The number of rotatable bonds is 7. The van der Waals surface area contributed by atoms with Crippen LogP contribution >= 0.6 is 0 Å². The van der Waals surface area contributed by atoms with Crippen LogP contribution < -0.4 is 0 Å². The lowest BCUT2D eigenvalue weighted by atomic mass is 10.0. The van der Waals surface area contributed by atoms with Crippen molar-refractivity contribution in [1.29, 1.82) is 0 Å². The predicted molar refractivity (Wildman–Crippen MR) is 95.9 cm³/mol. The predicted octanol–water partition coefficient (Wildman–Crippen LogP) is 3.27. The Labute approximate surface area is 151 Å². The van der Waals surface area contributed by atoms with E-state index in [-0.39, 0.29) is 17.8 Å². The van der Waals surface area contributed by atoms with Gasteiger partial charge in [0.1, 0.15) is 6.04 Å². The third-order valence-corrected chi connectivity index (χ3v) is 4.19. The van der Waals surface area contributed by atoms with E-state index >= 15 is 0 Å². The van der Waals surface area contributed by atoms with Crippen molar-refractivity contribution in [3.8, 4) is 0 Å². The Bertz CT molecular complexity index is 820. The van der Waals surface area contributed by atoms with Crippen molar-refractivity contribution in [1.82, 2.24) is 4.90 Å². The lowest BCUT2D eigenvalue weighted by Gasteiger charge is -2.27. The number of carboxylic acids is 1. The minimum atomic E-state index is -1.14. The number of nitro benzene ring substituents is 1. The molecule has 1 atom stereocenters. The van der Waals surface area contributed by atoms with Crippen molar-refractivity contribution in [2.75, 3.05) is 0 Å². The van der Waals surface area contributed by atoms with Gasteiger partial charge in [-0.1, -0.05) is 43.3 Å². The number of hydrogen-bond donors (Lipinski definition) is 1. The summed E-state index contributed by atoms with van der Waals surface area (Å²) in [6, 6.07) is 12.2. The summed E-state index contributed by atoms with van der Waals surface area (Å²) in [6.45, 7) is 3.30. The summed E-state index contributed by atoms with van der Waals surface area (Å²) >= 11 is 0. The number of aliphatic carboxylic acids is 1. The lowest BCUT2D eigenvalue weighted by molar-refractivity contribution is -0.385. The van der Waals surface area contributed by atoms with Crippen molar-refractivity contribution in [2.24, 2.45) is 0 Å². The Balaban J connectivity index is 2.41. The molecule has 2 rings (SSSR count). The maximum absolute atomic E-state index is 12.9. The Morgan fingerprint density at radius 1 is 1.19 bits per heavy atom. The molecule has 26 heavy (non-hydrogen) atoms. The number of carbonyl (C=O) groups excluding carboxylic acids is 1. The maximum Gasteiger partial charge on any atom is 0.326 e. The van der Waals surface area contributed by atoms with E-state index in [0.717, 1.165) is 5.56 Å². The molecule has 2 aromatic rings. The molecule has 2 aromatic carbocycles. The Morgan fingerprint density at radius 2 is 1.85 bits per heavy atom. The zero-order chi connectivity index (χ0) is 19.3. The zero-order valence-corrected chi connectivity index (χ0v) is 14.6. The second-order valence-corrected chi connectivity index (χ2v) is 5.89. The number of benzene rings is 2. The second-order valence-electron chi connectivity index (χ2n) is 5.89. The van der Waals surface area contributed by atoms with Gasteiger partial charge in [-0.25, -0.2) is 4.79 Å². The smallest absolute Gasteiger partial charge is 0.326 e. The molecule has 1 N–H and O–H groups in total. The number of carbonyl (C=O) groups is 2. The molecule has 0 saturated heterocycles. The molecule has 1 amide bonds. The topological polar surface area (TPSA) is 101 Å². The van der Waals surface area contributed by atoms with E-state index in [1.807, 2.05) is 6.07 Å². The molecule has 7 nitrogen and oxygen atoms in total. The van der Waals surface area contributed by atoms with E-state index in [1.165, 1.54) is 30.0 Å². The van der Waals surface area contributed by atoms with E-state index in [0.29, 0.717) is 12.0 Å². The molecule has 0 heterocycles. The quantitative estimate of drug-likeness (QED) is 0.606. The molecule has 0 radical (unpaired) electrons. The fourth-order valence-corrected chi connectivity index (χ4v) is 2.63. The number of amides is 1. The molecule has 136 valence electrons. The van der Waals surface area contributed by atoms with Gasteiger partial charge in [0.2, 0.25) is 0 Å². The summed E-state index contributed by atoms with van der Waals surface area (Å²) in [5.74, 6) is -1.71. The van der Waals surface area contributed by atoms with Crippen molar-refractivity contribution in [2.45, 2.75) is 32.9 Å². The number of hydrogen-bond acceptors (Lipinski definition) is 4. The molecule has 0 aromatic heterocycles. The minimum Gasteiger partial charge on any atom is -0.480 e. The molecule has 0 fully saturated rings. The Morgan fingerprint density at radius 3 is 2.38 bits per heavy atom. The summed E-state index contributed by atoms with van der Waals surface area (Å²) in [5, 5.41) is 20.6. The van der Waals surface area contributed by atoms with Gasteiger partial charge in [-0.3, -0.25) is 14.9 Å². The highest BCUT2D eigenvalue weighted by atomic mass is 16.6. The molecular weight excluding hydrogens is 336 g/mol. The number of nitro groups is 1. The number of nitrogens with zero attached hydrogens (tertiary/aromatic N) is 2. The van der Waals surface area contributed by atoms with E-state index < -0.39 is 22.8 Å². The van der Waals surface area contributed by atoms with Gasteiger partial charge in [0.25, 0.3) is 11.6 Å². The van der Waals surface area contributed by atoms with Crippen LogP contribution in [0.15, 0.2) is 48.5 Å². The van der Waals surface area contributed by atoms with Crippen LogP contribution in [-0.2, 0) is 17.8 Å². The molecule has 0 aliphatic carbocycles. The molecule has 7 heteroatoms. The molecule has 0 bridgehead atoms. The Kier molecular flexibility index (Phi) is 6.06. The van der Waals surface area contributed by atoms with Gasteiger partial charge in [-0.05, 0) is 25.0 Å². The highest BCUT2D eigenvalue weighted by molar-refractivity contribution is 5.97. The highest BCUT2D eigenvalue weighted by Crippen LogP contribution is 2.23. The van der Waals surface area contributed by atoms with Crippen LogP contribution in [0.25, 0.3) is 0 Å². The van der Waals surface area contributed by atoms with E-state index in [1.54, 1.807) is 31.2 Å². The summed E-state index contributed by atoms with van der Waals surface area (Å²) < 4.78 is 0. The van der Waals surface area contributed by atoms with Gasteiger partial charge >= 0.3 is 5.97 Å². The lowest BCUT2D eigenvalue weighted by Crippen LogP contribution is -2.42. The van der Waals surface area contributed by atoms with Gasteiger partial charge in [0.15, 0.2) is 0 Å². The van der Waals surface area contributed by atoms with Crippen LogP contribution in [0.1, 0.15) is 35.3 Å². The molecular formula is C19H20N2O5. The first-order valence-corrected chi connectivity index (χ1v) is 8.20. The van der Waals surface area contributed by atoms with Crippen LogP contribution in [-0.4, -0.2) is 32.8 Å². The van der Waals surface area contributed by atoms with E-state index in [2.05, 4.69) is 0 Å². The average molecular weight is 356 g/mol. The molecule has 0 saturated carbocycles. The van der Waals surface area contributed by atoms with Crippen molar-refractivity contribution >= 4 is 17.6 Å². The molecule has 1 unspecified atom stereocenters. The van der Waals surface area contributed by atoms with Gasteiger partial charge in [-0.15, -0.1) is 0 Å². The maximum atomic E-state index is 12.9. The first kappa shape index (κ1) is 19.1. The third kappa shape index (κ3) is 4.24. The number of carboxylic acid groups (broad SMARTS) is 1. The van der Waals surface area contributed by atoms with E-state index in [9.17, 15) is 24.8 Å². The second kappa shape index (κ2) is 8.24. The van der Waals surface area contributed by atoms with Crippen LogP contribution in [0.5, 0.6) is 0 Å². The van der Waals surface area contributed by atoms with Crippen molar-refractivity contribution in [3.05, 3.63) is 75.3 Å². The molecule has 0 aliphatic heterocycles. The van der Waals surface area contributed by atoms with Crippen LogP contribution in [0.2, 0.25) is 0 Å². The first-order chi connectivity index (χ1) is 12.3. The third-order valence-electron chi connectivity index (χ3n) is 4.19. The van der Waals surface area contributed by atoms with Gasteiger partial charge in [0, 0.05) is 23.7 Å². The molecule has 0 spiro atoms. The average Bonchev–Trinajstić information content (AvgIpc) is 2.65. The molecule has 0 aliphatic rings. The number of aryl methyl sites for hydroxylation is 1. The van der Waals surface area contributed by atoms with Crippen LogP contribution in [0, 0.1) is 10.1 Å². The Hall–Kier alpha value is -3.22. The van der Waals surface area contributed by atoms with Gasteiger partial charge < -0.3 is 10.0 Å². The first-order valence-electron chi connectivity index (χ1n) is 8.20. The van der Waals surface area contributed by atoms with Crippen LogP contribution in [0.4, 0.5) is 5.69 Å². The fraction of sp³-hybridized carbons (Fsp3) is 0.263. The monoisotopic (exact) mass is 356 g/mol. The zero-order valence-electron chi connectivity index (χ0n) is 14.6. The van der Waals surface area contributed by atoms with E-state index in [4.69, 9.17) is 0 Å². The largest absolute Gasteiger partial charge is 0.480 e.